The second kappa shape index (κ2) is 3.67. The molecule has 0 heterocycles. The van der Waals surface area contributed by atoms with E-state index in [0.29, 0.717) is 0 Å². The van der Waals surface area contributed by atoms with E-state index < -0.39 is 5.24 Å². The number of nitrogens with two attached hydrogens (primary N) is 1. The third-order valence-electron chi connectivity index (χ3n) is 0.248. The molecule has 4 heteroatoms. The first kappa shape index (κ1) is 6.49. The molecule has 0 aliphatic heterocycles. The third kappa shape index (κ3) is 5.49. The van der Waals surface area contributed by atoms with Gasteiger partial charge in [0.05, 0.1) is 11.9 Å². The van der Waals surface area contributed by atoms with Gasteiger partial charge in [-0.05, 0) is 6.92 Å². The van der Waals surface area contributed by atoms with Crippen LogP contribution in [0.2, 0.25) is 0 Å². The van der Waals surface area contributed by atoms with E-state index in [0.717, 1.165) is 11.9 Å². The van der Waals surface area contributed by atoms with Crippen molar-refractivity contribution in [2.24, 2.45) is 10.1 Å². The Bertz CT molecular complexity index is 90.9. The predicted molar refractivity (Wildman–Crippen MR) is 31.3 cm³/mol. The molecule has 0 radical (unpaired) electrons. The highest BCUT2D eigenvalue weighted by atomic mass is 32.2. The topological polar surface area (TPSA) is 55.4 Å². The van der Waals surface area contributed by atoms with Gasteiger partial charge in [-0.25, -0.2) is 4.40 Å². The smallest absolute Gasteiger partial charge is 0.298 e. The van der Waals surface area contributed by atoms with Gasteiger partial charge in [-0.3, -0.25) is 4.79 Å². The maximum atomic E-state index is 9.83. The van der Waals surface area contributed by atoms with Gasteiger partial charge in [-0.1, -0.05) is 0 Å². The Labute approximate surface area is 46.1 Å². The van der Waals surface area contributed by atoms with Crippen LogP contribution in [0, 0.1) is 0 Å². The number of carbonyl (C=O) groups is 1. The Hall–Kier alpha value is -0.510. The lowest BCUT2D eigenvalue weighted by Gasteiger charge is -1.77. The quantitative estimate of drug-likeness (QED) is 0.409. The molecular formula is C3H6N2OS. The van der Waals surface area contributed by atoms with Crippen LogP contribution in [0.25, 0.3) is 0 Å². The van der Waals surface area contributed by atoms with E-state index in [1.54, 1.807) is 6.92 Å². The lowest BCUT2D eigenvalue weighted by atomic mass is 10.9. The second-order valence-corrected chi connectivity index (χ2v) is 1.57. The van der Waals surface area contributed by atoms with Gasteiger partial charge in [0.2, 0.25) is 0 Å². The Balaban J connectivity index is 3.14. The number of hydrogen-bond donors (Lipinski definition) is 1. The molecule has 0 unspecified atom stereocenters. The van der Waals surface area contributed by atoms with Crippen LogP contribution in [-0.4, -0.2) is 11.5 Å². The van der Waals surface area contributed by atoms with Crippen molar-refractivity contribution in [2.75, 3.05) is 0 Å². The van der Waals surface area contributed by atoms with Crippen molar-refractivity contribution < 1.29 is 4.79 Å². The van der Waals surface area contributed by atoms with E-state index in [1.165, 1.54) is 6.21 Å². The molecule has 0 aliphatic carbocycles. The summed E-state index contributed by atoms with van der Waals surface area (Å²) in [5.41, 5.74) is 4.69. The van der Waals surface area contributed by atoms with Crippen LogP contribution >= 0.6 is 11.9 Å². The summed E-state index contributed by atoms with van der Waals surface area (Å²) in [6, 6.07) is 0. The summed E-state index contributed by atoms with van der Waals surface area (Å²) in [5, 5.41) is -0.474. The van der Waals surface area contributed by atoms with Crippen molar-refractivity contribution in [1.82, 2.24) is 0 Å². The van der Waals surface area contributed by atoms with Crippen LogP contribution in [-0.2, 0) is 0 Å². The fraction of sp³-hybridized carbons (Fsp3) is 0.333. The first-order valence-corrected chi connectivity index (χ1v) is 2.49. The van der Waals surface area contributed by atoms with E-state index in [2.05, 4.69) is 10.1 Å². The summed E-state index contributed by atoms with van der Waals surface area (Å²) >= 11 is 0.740. The summed E-state index contributed by atoms with van der Waals surface area (Å²) in [7, 11) is 0. The number of primary amides is 1. The van der Waals surface area contributed by atoms with Crippen LogP contribution in [0.4, 0.5) is 4.79 Å². The molecule has 0 aromatic carbocycles. The SMILES string of the molecule is C/C=N/SC(N)=O. The van der Waals surface area contributed by atoms with Gasteiger partial charge < -0.3 is 5.73 Å². The van der Waals surface area contributed by atoms with Gasteiger partial charge in [0, 0.05) is 6.21 Å². The number of nitrogens with zero attached hydrogens (tertiary/aromatic N) is 1. The Morgan fingerprint density at radius 1 is 2.00 bits per heavy atom. The minimum atomic E-state index is -0.474. The van der Waals surface area contributed by atoms with E-state index in [1.807, 2.05) is 0 Å². The molecule has 1 amide bonds. The normalized spacial score (nSPS) is 9.86. The van der Waals surface area contributed by atoms with E-state index in [-0.39, 0.29) is 0 Å². The molecule has 2 N–H and O–H groups in total. The van der Waals surface area contributed by atoms with Gasteiger partial charge >= 0.3 is 0 Å². The predicted octanol–water partition coefficient (Wildman–Crippen LogP) is 0.804. The van der Waals surface area contributed by atoms with Crippen LogP contribution in [0.5, 0.6) is 0 Å². The second-order valence-electron chi connectivity index (χ2n) is 0.774. The van der Waals surface area contributed by atoms with E-state index in [9.17, 15) is 4.79 Å². The first-order valence-electron chi connectivity index (χ1n) is 1.72. The van der Waals surface area contributed by atoms with Gasteiger partial charge in [-0.15, -0.1) is 0 Å². The van der Waals surface area contributed by atoms with Gasteiger partial charge in [-0.2, -0.15) is 0 Å². The molecule has 0 aliphatic rings. The van der Waals surface area contributed by atoms with Crippen molar-refractivity contribution in [3.05, 3.63) is 0 Å². The fourth-order valence-electron chi connectivity index (χ4n) is 0.105. The highest BCUT2D eigenvalue weighted by Crippen LogP contribution is 1.96. The van der Waals surface area contributed by atoms with Gasteiger partial charge in [0.15, 0.2) is 0 Å². The van der Waals surface area contributed by atoms with Crippen molar-refractivity contribution in [2.45, 2.75) is 6.92 Å². The van der Waals surface area contributed by atoms with Crippen molar-refractivity contribution in [3.63, 3.8) is 0 Å². The van der Waals surface area contributed by atoms with E-state index in [4.69, 9.17) is 0 Å². The zero-order valence-electron chi connectivity index (χ0n) is 3.92. The molecular weight excluding hydrogens is 112 g/mol. The highest BCUT2D eigenvalue weighted by molar-refractivity contribution is 8.12. The molecule has 3 nitrogen and oxygen atoms in total. The molecule has 0 aromatic rings. The monoisotopic (exact) mass is 118 g/mol. The lowest BCUT2D eigenvalue weighted by molar-refractivity contribution is 0.267. The molecule has 0 saturated heterocycles. The highest BCUT2D eigenvalue weighted by Gasteiger charge is 1.84. The van der Waals surface area contributed by atoms with Crippen LogP contribution in [0.3, 0.4) is 0 Å². The Morgan fingerprint density at radius 3 is 2.71 bits per heavy atom. The number of amides is 1. The molecule has 40 valence electrons. The summed E-state index contributed by atoms with van der Waals surface area (Å²) in [6.07, 6.45) is 1.51. The van der Waals surface area contributed by atoms with Crippen LogP contribution < -0.4 is 5.73 Å². The van der Waals surface area contributed by atoms with Crippen molar-refractivity contribution in [1.29, 1.82) is 0 Å². The molecule has 0 fully saturated rings. The molecule has 0 bridgehead atoms. The Morgan fingerprint density at radius 2 is 2.57 bits per heavy atom. The summed E-state index contributed by atoms with van der Waals surface area (Å²) in [5.74, 6) is 0. The zero-order valence-corrected chi connectivity index (χ0v) is 4.73. The maximum Gasteiger partial charge on any atom is 0.298 e. The number of rotatable bonds is 1. The number of hydrogen-bond acceptors (Lipinski definition) is 3. The largest absolute Gasteiger partial charge is 0.359 e. The molecule has 7 heavy (non-hydrogen) atoms. The molecule has 0 atom stereocenters. The van der Waals surface area contributed by atoms with Crippen LogP contribution in [0.15, 0.2) is 4.40 Å². The van der Waals surface area contributed by atoms with Gasteiger partial charge in [0.25, 0.3) is 5.24 Å². The van der Waals surface area contributed by atoms with Crippen molar-refractivity contribution in [3.8, 4) is 0 Å². The molecule has 0 aromatic heterocycles. The summed E-state index contributed by atoms with van der Waals surface area (Å²) < 4.78 is 3.49. The average molecular weight is 118 g/mol. The summed E-state index contributed by atoms with van der Waals surface area (Å²) in [4.78, 5) is 9.83. The van der Waals surface area contributed by atoms with E-state index >= 15 is 0 Å². The minimum absolute atomic E-state index is 0.474. The minimum Gasteiger partial charge on any atom is -0.359 e. The fourth-order valence-corrected chi connectivity index (χ4v) is 0.314. The molecule has 0 spiro atoms. The number of carbonyl (C=O) groups excluding carboxylic acids is 1. The third-order valence-corrected chi connectivity index (χ3v) is 0.744. The van der Waals surface area contributed by atoms with Crippen molar-refractivity contribution >= 4 is 23.4 Å². The molecule has 0 saturated carbocycles. The summed E-state index contributed by atoms with van der Waals surface area (Å²) in [6.45, 7) is 1.72. The zero-order chi connectivity index (χ0) is 5.70. The lowest BCUT2D eigenvalue weighted by Crippen LogP contribution is -1.99. The maximum absolute atomic E-state index is 9.83. The standard InChI is InChI=1S/C3H6N2OS/c1-2-5-7-3(4)6/h2H,1H3,(H2,4,6)/b5-2+. The first-order chi connectivity index (χ1) is 3.27. The average Bonchev–Trinajstić information content (AvgIpc) is 1.61. The Kier molecular flexibility index (Phi) is 3.40. The molecule has 0 rings (SSSR count). The van der Waals surface area contributed by atoms with Gasteiger partial charge in [0.1, 0.15) is 0 Å². The van der Waals surface area contributed by atoms with Crippen LogP contribution in [0.1, 0.15) is 6.92 Å².